The van der Waals surface area contributed by atoms with Gasteiger partial charge in [-0.15, -0.1) is 6.42 Å². The average Bonchev–Trinajstić information content (AvgIpc) is 3.06. The summed E-state index contributed by atoms with van der Waals surface area (Å²) < 4.78 is 14.8. The highest BCUT2D eigenvalue weighted by atomic mass is 19.1. The van der Waals surface area contributed by atoms with Gasteiger partial charge in [-0.1, -0.05) is 25.2 Å². The van der Waals surface area contributed by atoms with Gasteiger partial charge in [0.15, 0.2) is 5.65 Å². The summed E-state index contributed by atoms with van der Waals surface area (Å²) >= 11 is 0. The van der Waals surface area contributed by atoms with Crippen LogP contribution in [0.2, 0.25) is 0 Å². The maximum absolute atomic E-state index is 13.2. The van der Waals surface area contributed by atoms with Crippen LogP contribution >= 0.6 is 0 Å². The van der Waals surface area contributed by atoms with E-state index in [9.17, 15) is 14.3 Å². The Morgan fingerprint density at radius 1 is 1.31 bits per heavy atom. The van der Waals surface area contributed by atoms with Crippen molar-refractivity contribution in [2.45, 2.75) is 44.9 Å². The SMILES string of the molecule is C#C/C(=C\C=C(/C)F)c1cnc2c(C(=O)O)cnn2c1C1CCCCC1. The first-order valence-electron chi connectivity index (χ1n) is 8.64. The predicted octanol–water partition coefficient (Wildman–Crippen LogP) is 4.37. The molecular formula is C20H20FN3O2. The minimum atomic E-state index is -1.07. The lowest BCUT2D eigenvalue weighted by atomic mass is 9.84. The van der Waals surface area contributed by atoms with E-state index in [0.29, 0.717) is 16.8 Å². The Morgan fingerprint density at radius 3 is 2.65 bits per heavy atom. The Bertz CT molecular complexity index is 940. The number of fused-ring (bicyclic) bond motifs is 1. The largest absolute Gasteiger partial charge is 0.477 e. The van der Waals surface area contributed by atoms with Gasteiger partial charge in [-0.05, 0) is 31.9 Å². The zero-order chi connectivity index (χ0) is 18.7. The molecule has 0 amide bonds. The number of aromatic nitrogens is 3. The van der Waals surface area contributed by atoms with Gasteiger partial charge in [0.2, 0.25) is 0 Å². The van der Waals surface area contributed by atoms with Crippen LogP contribution in [-0.2, 0) is 0 Å². The van der Waals surface area contributed by atoms with Crippen molar-refractivity contribution in [2.75, 3.05) is 0 Å². The standard InChI is InChI=1S/C20H20FN3O2/c1-3-14(10-9-13(2)21)16-11-22-19-17(20(25)26)12-23-24(19)18(16)15-7-5-4-6-8-15/h1,9-12,15H,4-8H2,2H3,(H,25,26)/b13-9+,14-10+. The second-order valence-electron chi connectivity index (χ2n) is 6.47. The first kappa shape index (κ1) is 17.9. The summed E-state index contributed by atoms with van der Waals surface area (Å²) in [5, 5.41) is 13.6. The molecule has 0 aromatic carbocycles. The van der Waals surface area contributed by atoms with E-state index in [1.807, 2.05) is 0 Å². The van der Waals surface area contributed by atoms with Gasteiger partial charge in [-0.3, -0.25) is 0 Å². The summed E-state index contributed by atoms with van der Waals surface area (Å²) in [5.74, 6) is 1.39. The van der Waals surface area contributed by atoms with Crippen molar-refractivity contribution in [2.24, 2.45) is 0 Å². The Morgan fingerprint density at radius 2 is 2.04 bits per heavy atom. The van der Waals surface area contributed by atoms with E-state index >= 15 is 0 Å². The van der Waals surface area contributed by atoms with Gasteiger partial charge in [-0.25, -0.2) is 18.7 Å². The number of carboxylic acids is 1. The summed E-state index contributed by atoms with van der Waals surface area (Å²) in [7, 11) is 0. The molecule has 3 rings (SSSR count). The van der Waals surface area contributed by atoms with Crippen LogP contribution in [0.25, 0.3) is 11.2 Å². The second kappa shape index (κ2) is 7.52. The molecule has 1 aliphatic carbocycles. The van der Waals surface area contributed by atoms with E-state index in [1.165, 1.54) is 25.6 Å². The number of halogens is 1. The van der Waals surface area contributed by atoms with E-state index < -0.39 is 5.97 Å². The normalized spacial score (nSPS) is 16.7. The van der Waals surface area contributed by atoms with Crippen molar-refractivity contribution in [3.8, 4) is 12.3 Å². The molecule has 0 radical (unpaired) electrons. The van der Waals surface area contributed by atoms with Crippen molar-refractivity contribution in [3.05, 3.63) is 47.2 Å². The number of terminal acetylenes is 1. The van der Waals surface area contributed by atoms with Crippen LogP contribution in [0, 0.1) is 12.3 Å². The molecule has 2 aromatic heterocycles. The number of carboxylic acid groups (broad SMARTS) is 1. The smallest absolute Gasteiger partial charge is 0.341 e. The zero-order valence-corrected chi connectivity index (χ0v) is 14.6. The molecule has 0 bridgehead atoms. The van der Waals surface area contributed by atoms with Crippen LogP contribution in [0.15, 0.2) is 30.4 Å². The number of rotatable bonds is 4. The van der Waals surface area contributed by atoms with Crippen LogP contribution < -0.4 is 0 Å². The molecule has 2 heterocycles. The fraction of sp³-hybridized carbons (Fsp3) is 0.350. The fourth-order valence-corrected chi connectivity index (χ4v) is 3.49. The van der Waals surface area contributed by atoms with Gasteiger partial charge in [0, 0.05) is 23.3 Å². The van der Waals surface area contributed by atoms with Gasteiger partial charge < -0.3 is 5.11 Å². The van der Waals surface area contributed by atoms with Crippen molar-refractivity contribution < 1.29 is 14.3 Å². The Balaban J connectivity index is 2.25. The Hall–Kier alpha value is -2.94. The van der Waals surface area contributed by atoms with Crippen LogP contribution in [0.5, 0.6) is 0 Å². The third-order valence-electron chi connectivity index (χ3n) is 4.71. The summed E-state index contributed by atoms with van der Waals surface area (Å²) in [6, 6.07) is 0. The van der Waals surface area contributed by atoms with Crippen LogP contribution in [0.4, 0.5) is 4.39 Å². The number of hydrogen-bond donors (Lipinski definition) is 1. The van der Waals surface area contributed by atoms with Crippen molar-refractivity contribution in [1.29, 1.82) is 0 Å². The molecule has 0 unspecified atom stereocenters. The van der Waals surface area contributed by atoms with E-state index in [2.05, 4.69) is 16.0 Å². The average molecular weight is 353 g/mol. The Labute approximate surface area is 151 Å². The van der Waals surface area contributed by atoms with Crippen LogP contribution in [0.3, 0.4) is 0 Å². The topological polar surface area (TPSA) is 67.5 Å². The first-order chi connectivity index (χ1) is 12.5. The van der Waals surface area contributed by atoms with Gasteiger partial charge >= 0.3 is 5.97 Å². The number of allylic oxidation sites excluding steroid dienone is 4. The maximum Gasteiger partial charge on any atom is 0.341 e. The van der Waals surface area contributed by atoms with E-state index in [-0.39, 0.29) is 17.3 Å². The van der Waals surface area contributed by atoms with E-state index in [1.54, 1.807) is 16.8 Å². The number of hydrogen-bond acceptors (Lipinski definition) is 3. The molecule has 0 aliphatic heterocycles. The molecule has 26 heavy (non-hydrogen) atoms. The lowest BCUT2D eigenvalue weighted by Gasteiger charge is -2.24. The minimum absolute atomic E-state index is 0.0549. The predicted molar refractivity (Wildman–Crippen MR) is 97.4 cm³/mol. The monoisotopic (exact) mass is 353 g/mol. The molecular weight excluding hydrogens is 333 g/mol. The molecule has 5 nitrogen and oxygen atoms in total. The molecule has 2 aromatic rings. The molecule has 1 saturated carbocycles. The summed E-state index contributed by atoms with van der Waals surface area (Å²) in [4.78, 5) is 15.7. The van der Waals surface area contributed by atoms with Crippen molar-refractivity contribution >= 4 is 17.2 Å². The van der Waals surface area contributed by atoms with Gasteiger partial charge in [0.05, 0.1) is 17.7 Å². The quantitative estimate of drug-likeness (QED) is 0.655. The summed E-state index contributed by atoms with van der Waals surface area (Å²) in [6.07, 6.45) is 16.8. The lowest BCUT2D eigenvalue weighted by Crippen LogP contribution is -2.14. The Kier molecular flexibility index (Phi) is 5.17. The van der Waals surface area contributed by atoms with Crippen molar-refractivity contribution in [1.82, 2.24) is 14.6 Å². The van der Waals surface area contributed by atoms with Crippen LogP contribution in [-0.4, -0.2) is 25.7 Å². The summed E-state index contributed by atoms with van der Waals surface area (Å²) in [6.45, 7) is 1.35. The van der Waals surface area contributed by atoms with Gasteiger partial charge in [-0.2, -0.15) is 5.10 Å². The van der Waals surface area contributed by atoms with Gasteiger partial charge in [0.25, 0.3) is 0 Å². The highest BCUT2D eigenvalue weighted by Gasteiger charge is 2.25. The maximum atomic E-state index is 13.2. The van der Waals surface area contributed by atoms with Crippen molar-refractivity contribution in [3.63, 3.8) is 0 Å². The number of nitrogens with zero attached hydrogens (tertiary/aromatic N) is 3. The lowest BCUT2D eigenvalue weighted by molar-refractivity contribution is 0.0698. The minimum Gasteiger partial charge on any atom is -0.477 e. The highest BCUT2D eigenvalue weighted by Crippen LogP contribution is 2.36. The van der Waals surface area contributed by atoms with E-state index in [4.69, 9.17) is 6.42 Å². The van der Waals surface area contributed by atoms with E-state index in [0.717, 1.165) is 31.4 Å². The fourth-order valence-electron chi connectivity index (χ4n) is 3.49. The highest BCUT2D eigenvalue weighted by molar-refractivity contribution is 5.94. The third kappa shape index (κ3) is 3.38. The molecule has 1 fully saturated rings. The van der Waals surface area contributed by atoms with Crippen LogP contribution in [0.1, 0.15) is 66.6 Å². The third-order valence-corrected chi connectivity index (χ3v) is 4.71. The molecule has 0 saturated heterocycles. The number of aromatic carboxylic acids is 1. The molecule has 0 atom stereocenters. The molecule has 0 spiro atoms. The zero-order valence-electron chi connectivity index (χ0n) is 14.6. The molecule has 1 aliphatic rings. The van der Waals surface area contributed by atoms with Gasteiger partial charge in [0.1, 0.15) is 5.56 Å². The second-order valence-corrected chi connectivity index (χ2v) is 6.47. The summed E-state index contributed by atoms with van der Waals surface area (Å²) in [5.41, 5.74) is 2.42. The number of carbonyl (C=O) groups is 1. The molecule has 6 heteroatoms. The first-order valence-corrected chi connectivity index (χ1v) is 8.64. The molecule has 1 N–H and O–H groups in total. The molecule has 134 valence electrons.